The number of hydrogen-bond donors (Lipinski definition) is 0. The number of benzene rings is 2. The molecule has 0 saturated carbocycles. The third-order valence-corrected chi connectivity index (χ3v) is 4.14. The van der Waals surface area contributed by atoms with Gasteiger partial charge in [0.25, 0.3) is 5.24 Å². The molecule has 6 heteroatoms. The largest absolute Gasteiger partial charge is 0.486 e. The Bertz CT molecular complexity index is 619. The standard InChI is InChI=1S/C14H8Br2Cl2O2/c15-10-3-1-8(2-4-10)7-20-13-11(16)5-9(14(18)19)6-12(13)17/h1-6H,7H2. The van der Waals surface area contributed by atoms with Crippen LogP contribution in [0.1, 0.15) is 15.9 Å². The second-order valence-electron chi connectivity index (χ2n) is 3.96. The quantitative estimate of drug-likeness (QED) is 0.562. The highest BCUT2D eigenvalue weighted by atomic mass is 79.9. The molecule has 0 bridgehead atoms. The van der Waals surface area contributed by atoms with E-state index in [1.807, 2.05) is 24.3 Å². The highest BCUT2D eigenvalue weighted by molar-refractivity contribution is 9.10. The van der Waals surface area contributed by atoms with Crippen molar-refractivity contribution in [3.05, 3.63) is 61.5 Å². The maximum absolute atomic E-state index is 11.1. The fourth-order valence-corrected chi connectivity index (χ4v) is 2.88. The molecule has 0 aliphatic carbocycles. The average Bonchev–Trinajstić information content (AvgIpc) is 2.39. The molecule has 0 aliphatic rings. The molecule has 0 amide bonds. The molecule has 0 aliphatic heterocycles. The van der Waals surface area contributed by atoms with E-state index in [2.05, 4.69) is 31.9 Å². The van der Waals surface area contributed by atoms with Crippen molar-refractivity contribution in [2.75, 3.05) is 0 Å². The summed E-state index contributed by atoms with van der Waals surface area (Å²) in [5.41, 5.74) is 1.33. The lowest BCUT2D eigenvalue weighted by Crippen LogP contribution is -1.98. The SMILES string of the molecule is O=C(Cl)c1cc(Cl)c(OCc2ccc(Br)cc2)c(Br)c1. The van der Waals surface area contributed by atoms with Crippen molar-refractivity contribution in [3.63, 3.8) is 0 Å². The minimum absolute atomic E-state index is 0.319. The normalized spacial score (nSPS) is 10.4. The van der Waals surface area contributed by atoms with Gasteiger partial charge in [-0.2, -0.15) is 0 Å². The molecular formula is C14H8Br2Cl2O2. The molecule has 0 fully saturated rings. The molecule has 0 aromatic heterocycles. The van der Waals surface area contributed by atoms with Gasteiger partial charge in [0.05, 0.1) is 9.50 Å². The molecule has 2 aromatic rings. The second kappa shape index (κ2) is 6.94. The van der Waals surface area contributed by atoms with Crippen LogP contribution in [0.25, 0.3) is 0 Å². The number of carbonyl (C=O) groups excluding carboxylic acids is 1. The Morgan fingerprint density at radius 3 is 2.35 bits per heavy atom. The highest BCUT2D eigenvalue weighted by Crippen LogP contribution is 2.35. The zero-order valence-electron chi connectivity index (χ0n) is 10.00. The van der Waals surface area contributed by atoms with Crippen molar-refractivity contribution in [2.24, 2.45) is 0 Å². The van der Waals surface area contributed by atoms with Crippen molar-refractivity contribution in [2.45, 2.75) is 6.61 Å². The third kappa shape index (κ3) is 3.98. The fraction of sp³-hybridized carbons (Fsp3) is 0.0714. The highest BCUT2D eigenvalue weighted by Gasteiger charge is 2.12. The van der Waals surface area contributed by atoms with Crippen LogP contribution in [0.4, 0.5) is 0 Å². The van der Waals surface area contributed by atoms with Gasteiger partial charge in [-0.1, -0.05) is 39.7 Å². The van der Waals surface area contributed by atoms with Crippen LogP contribution in [0.5, 0.6) is 5.75 Å². The van der Waals surface area contributed by atoms with Gasteiger partial charge in [-0.25, -0.2) is 0 Å². The van der Waals surface area contributed by atoms with E-state index in [-0.39, 0.29) is 0 Å². The average molecular weight is 439 g/mol. The molecule has 2 rings (SSSR count). The predicted molar refractivity (Wildman–Crippen MR) is 87.8 cm³/mol. The van der Waals surface area contributed by atoms with E-state index >= 15 is 0 Å². The van der Waals surface area contributed by atoms with Crippen molar-refractivity contribution >= 4 is 60.3 Å². The van der Waals surface area contributed by atoms with E-state index in [1.165, 1.54) is 6.07 Å². The predicted octanol–water partition coefficient (Wildman–Crippen LogP) is 5.82. The molecule has 0 heterocycles. The molecule has 2 nitrogen and oxygen atoms in total. The lowest BCUT2D eigenvalue weighted by molar-refractivity contribution is 0.108. The van der Waals surface area contributed by atoms with Gasteiger partial charge < -0.3 is 4.74 Å². The van der Waals surface area contributed by atoms with Crippen molar-refractivity contribution in [1.29, 1.82) is 0 Å². The van der Waals surface area contributed by atoms with E-state index in [4.69, 9.17) is 27.9 Å². The van der Waals surface area contributed by atoms with Crippen LogP contribution in [0, 0.1) is 0 Å². The summed E-state index contributed by atoms with van der Waals surface area (Å²) in [6.45, 7) is 0.375. The van der Waals surface area contributed by atoms with Crippen LogP contribution in [-0.4, -0.2) is 5.24 Å². The smallest absolute Gasteiger partial charge is 0.252 e. The first kappa shape index (κ1) is 15.8. The number of ether oxygens (including phenoxy) is 1. The van der Waals surface area contributed by atoms with E-state index in [1.54, 1.807) is 6.07 Å². The monoisotopic (exact) mass is 436 g/mol. The Morgan fingerprint density at radius 2 is 1.80 bits per heavy atom. The molecule has 2 aromatic carbocycles. The Kier molecular flexibility index (Phi) is 5.49. The van der Waals surface area contributed by atoms with Gasteiger partial charge in [0, 0.05) is 10.0 Å². The number of carbonyl (C=O) groups is 1. The van der Waals surface area contributed by atoms with Crippen LogP contribution >= 0.6 is 55.1 Å². The molecule has 104 valence electrons. The van der Waals surface area contributed by atoms with E-state index < -0.39 is 5.24 Å². The van der Waals surface area contributed by atoms with Crippen molar-refractivity contribution < 1.29 is 9.53 Å². The number of rotatable bonds is 4. The van der Waals surface area contributed by atoms with Gasteiger partial charge in [0.2, 0.25) is 0 Å². The number of halogens is 4. The van der Waals surface area contributed by atoms with Gasteiger partial charge >= 0.3 is 0 Å². The topological polar surface area (TPSA) is 26.3 Å². The minimum Gasteiger partial charge on any atom is -0.486 e. The van der Waals surface area contributed by atoms with Crippen LogP contribution in [0.2, 0.25) is 5.02 Å². The van der Waals surface area contributed by atoms with Crippen molar-refractivity contribution in [3.8, 4) is 5.75 Å². The lowest BCUT2D eigenvalue weighted by Gasteiger charge is -2.11. The summed E-state index contributed by atoms with van der Waals surface area (Å²) in [6, 6.07) is 10.8. The van der Waals surface area contributed by atoms with E-state index in [0.29, 0.717) is 27.4 Å². The van der Waals surface area contributed by atoms with Gasteiger partial charge in [-0.05, 0) is 57.4 Å². The zero-order chi connectivity index (χ0) is 14.7. The minimum atomic E-state index is -0.563. The maximum Gasteiger partial charge on any atom is 0.252 e. The molecule has 0 spiro atoms. The molecule has 0 radical (unpaired) electrons. The van der Waals surface area contributed by atoms with Crippen LogP contribution < -0.4 is 4.74 Å². The summed E-state index contributed by atoms with van der Waals surface area (Å²) in [4.78, 5) is 11.1. The molecule has 0 N–H and O–H groups in total. The second-order valence-corrected chi connectivity index (χ2v) is 6.48. The van der Waals surface area contributed by atoms with Crippen LogP contribution in [-0.2, 0) is 6.61 Å². The number of hydrogen-bond acceptors (Lipinski definition) is 2. The Balaban J connectivity index is 2.17. The van der Waals surface area contributed by atoms with Gasteiger partial charge in [-0.3, -0.25) is 4.79 Å². The van der Waals surface area contributed by atoms with E-state index in [0.717, 1.165) is 10.0 Å². The van der Waals surface area contributed by atoms with Gasteiger partial charge in [0.1, 0.15) is 6.61 Å². The summed E-state index contributed by atoms with van der Waals surface area (Å²) >= 11 is 18.2. The first-order valence-electron chi connectivity index (χ1n) is 5.53. The van der Waals surface area contributed by atoms with Gasteiger partial charge in [-0.15, -0.1) is 0 Å². The van der Waals surface area contributed by atoms with Gasteiger partial charge in [0.15, 0.2) is 5.75 Å². The Morgan fingerprint density at radius 1 is 1.15 bits per heavy atom. The zero-order valence-corrected chi connectivity index (χ0v) is 14.7. The lowest BCUT2D eigenvalue weighted by atomic mass is 10.2. The molecule has 0 unspecified atom stereocenters. The Hall–Kier alpha value is -0.550. The van der Waals surface area contributed by atoms with E-state index in [9.17, 15) is 4.79 Å². The summed E-state index contributed by atoms with van der Waals surface area (Å²) < 4.78 is 7.27. The first-order chi connectivity index (χ1) is 9.47. The van der Waals surface area contributed by atoms with Crippen LogP contribution in [0.3, 0.4) is 0 Å². The molecule has 20 heavy (non-hydrogen) atoms. The fourth-order valence-electron chi connectivity index (χ4n) is 1.55. The van der Waals surface area contributed by atoms with Crippen molar-refractivity contribution in [1.82, 2.24) is 0 Å². The Labute approximate surface area is 143 Å². The maximum atomic E-state index is 11.1. The summed E-state index contributed by atoms with van der Waals surface area (Å²) in [5, 5.41) is -0.229. The van der Waals surface area contributed by atoms with Crippen LogP contribution in [0.15, 0.2) is 45.3 Å². The summed E-state index contributed by atoms with van der Waals surface area (Å²) in [5.74, 6) is 0.483. The molecular weight excluding hydrogens is 431 g/mol. The summed E-state index contributed by atoms with van der Waals surface area (Å²) in [6.07, 6.45) is 0. The molecule has 0 saturated heterocycles. The first-order valence-corrected chi connectivity index (χ1v) is 7.87. The molecule has 0 atom stereocenters. The summed E-state index contributed by atoms with van der Waals surface area (Å²) in [7, 11) is 0. The third-order valence-electron chi connectivity index (χ3n) is 2.52.